The molecule has 0 spiro atoms. The van der Waals surface area contributed by atoms with Crippen LogP contribution in [0.1, 0.15) is 29.0 Å². The molecule has 1 aliphatic rings. The fourth-order valence-corrected chi connectivity index (χ4v) is 4.37. The number of aromatic nitrogens is 3. The fraction of sp³-hybridized carbons (Fsp3) is 0.125. The Morgan fingerprint density at radius 1 is 0.935 bits per heavy atom. The van der Waals surface area contributed by atoms with Gasteiger partial charge in [0.25, 0.3) is 0 Å². The van der Waals surface area contributed by atoms with Crippen molar-refractivity contribution in [1.29, 1.82) is 0 Å². The zero-order valence-electron chi connectivity index (χ0n) is 16.7. The second kappa shape index (κ2) is 8.20. The molecule has 0 aliphatic carbocycles. The number of aromatic hydroxyl groups is 1. The van der Waals surface area contributed by atoms with Crippen LogP contribution >= 0.6 is 12.2 Å². The third-order valence-corrected chi connectivity index (χ3v) is 5.86. The highest BCUT2D eigenvalue weighted by atomic mass is 32.1. The summed E-state index contributed by atoms with van der Waals surface area (Å²) >= 11 is 5.77. The van der Waals surface area contributed by atoms with Gasteiger partial charge in [0.2, 0.25) is 0 Å². The first kappa shape index (κ1) is 19.3. The highest BCUT2D eigenvalue weighted by Gasteiger charge is 2.41. The van der Waals surface area contributed by atoms with Crippen molar-refractivity contribution >= 4 is 17.3 Å². The van der Waals surface area contributed by atoms with Gasteiger partial charge in [-0.25, -0.2) is 0 Å². The molecule has 2 atom stereocenters. The van der Waals surface area contributed by atoms with Crippen LogP contribution in [0.15, 0.2) is 91.5 Å². The van der Waals surface area contributed by atoms with E-state index < -0.39 is 0 Å². The summed E-state index contributed by atoms with van der Waals surface area (Å²) in [5, 5.41) is 13.9. The van der Waals surface area contributed by atoms with E-state index in [0.29, 0.717) is 11.7 Å². The van der Waals surface area contributed by atoms with Gasteiger partial charge >= 0.3 is 0 Å². The summed E-state index contributed by atoms with van der Waals surface area (Å²) in [4.78, 5) is 10.9. The predicted octanol–water partition coefficient (Wildman–Crippen LogP) is 4.15. The van der Waals surface area contributed by atoms with Crippen LogP contribution in [-0.4, -0.2) is 29.7 Å². The molecule has 3 aromatic heterocycles. The lowest BCUT2D eigenvalue weighted by Gasteiger charge is -2.29. The molecule has 5 rings (SSSR count). The summed E-state index contributed by atoms with van der Waals surface area (Å²) < 4.78 is 2.13. The van der Waals surface area contributed by atoms with E-state index in [1.165, 1.54) is 0 Å². The van der Waals surface area contributed by atoms with Crippen LogP contribution in [0.25, 0.3) is 5.69 Å². The Labute approximate surface area is 185 Å². The van der Waals surface area contributed by atoms with Crippen LogP contribution in [0.2, 0.25) is 0 Å². The van der Waals surface area contributed by atoms with E-state index in [4.69, 9.17) is 12.2 Å². The molecular weight excluding hydrogens is 406 g/mol. The van der Waals surface area contributed by atoms with Gasteiger partial charge in [0.1, 0.15) is 5.75 Å². The van der Waals surface area contributed by atoms with Crippen LogP contribution < -0.4 is 5.32 Å². The molecule has 0 saturated carbocycles. The average molecular weight is 428 g/mol. The molecule has 4 aromatic rings. The van der Waals surface area contributed by atoms with E-state index in [1.54, 1.807) is 24.5 Å². The lowest BCUT2D eigenvalue weighted by atomic mass is 10.0. The number of hydrogen-bond donors (Lipinski definition) is 2. The molecule has 1 aliphatic heterocycles. The molecule has 0 unspecified atom stereocenters. The zero-order chi connectivity index (χ0) is 21.2. The number of phenols is 1. The lowest BCUT2D eigenvalue weighted by molar-refractivity contribution is 0.302. The first-order valence-corrected chi connectivity index (χ1v) is 10.4. The van der Waals surface area contributed by atoms with Gasteiger partial charge in [0.05, 0.1) is 17.8 Å². The molecule has 31 heavy (non-hydrogen) atoms. The third kappa shape index (κ3) is 3.75. The Bertz CT molecular complexity index is 1180. The molecule has 1 aromatic carbocycles. The molecular formula is C24H21N5OS. The van der Waals surface area contributed by atoms with Gasteiger partial charge in [-0.3, -0.25) is 9.97 Å². The standard InChI is InChI=1S/C24H21N5OS/c30-19-8-6-18(7-9-19)28-15-3-5-21(28)23-22(20-4-1-2-12-26-20)27-24(31)29(23)16-17-10-13-25-14-11-17/h1-15,22-23,30H,16H2,(H,27,31)/t22-,23-/m0/s1. The summed E-state index contributed by atoms with van der Waals surface area (Å²) in [5.41, 5.74) is 4.13. The van der Waals surface area contributed by atoms with Crippen molar-refractivity contribution in [2.24, 2.45) is 0 Å². The van der Waals surface area contributed by atoms with Gasteiger partial charge in [-0.2, -0.15) is 0 Å². The highest BCUT2D eigenvalue weighted by Crippen LogP contribution is 2.40. The number of phenolic OH excluding ortho intramolecular Hbond substituents is 1. The lowest BCUT2D eigenvalue weighted by Crippen LogP contribution is -2.30. The molecule has 154 valence electrons. The molecule has 0 radical (unpaired) electrons. The second-order valence-electron chi connectivity index (χ2n) is 7.43. The summed E-state index contributed by atoms with van der Waals surface area (Å²) in [6.45, 7) is 0.656. The molecule has 1 saturated heterocycles. The van der Waals surface area contributed by atoms with Gasteiger partial charge < -0.3 is 19.9 Å². The van der Waals surface area contributed by atoms with E-state index in [9.17, 15) is 5.11 Å². The van der Waals surface area contributed by atoms with Crippen molar-refractivity contribution in [2.75, 3.05) is 0 Å². The first-order chi connectivity index (χ1) is 15.2. The minimum Gasteiger partial charge on any atom is -0.508 e. The van der Waals surface area contributed by atoms with Crippen molar-refractivity contribution in [1.82, 2.24) is 24.8 Å². The van der Waals surface area contributed by atoms with Crippen LogP contribution in [0, 0.1) is 0 Å². The van der Waals surface area contributed by atoms with Crippen LogP contribution in [0.3, 0.4) is 0 Å². The minimum absolute atomic E-state index is 0.0700. The SMILES string of the molecule is Oc1ccc(-n2cccc2[C@H]2[C@H](c3ccccn3)NC(=S)N2Cc2ccncc2)cc1. The van der Waals surface area contributed by atoms with E-state index >= 15 is 0 Å². The summed E-state index contributed by atoms with van der Waals surface area (Å²) in [7, 11) is 0. The first-order valence-electron chi connectivity index (χ1n) is 10.0. The molecule has 4 heterocycles. The number of thiocarbonyl (C=S) groups is 1. The number of nitrogens with zero attached hydrogens (tertiary/aromatic N) is 4. The maximum Gasteiger partial charge on any atom is 0.170 e. The van der Waals surface area contributed by atoms with Gasteiger partial charge in [0, 0.05) is 42.7 Å². The van der Waals surface area contributed by atoms with Crippen molar-refractivity contribution in [3.63, 3.8) is 0 Å². The van der Waals surface area contributed by atoms with Crippen LogP contribution in [0.4, 0.5) is 0 Å². The normalized spacial score (nSPS) is 18.2. The van der Waals surface area contributed by atoms with E-state index in [-0.39, 0.29) is 17.8 Å². The zero-order valence-corrected chi connectivity index (χ0v) is 17.5. The molecule has 0 bridgehead atoms. The molecule has 0 amide bonds. The van der Waals surface area contributed by atoms with E-state index in [1.807, 2.05) is 60.9 Å². The van der Waals surface area contributed by atoms with E-state index in [2.05, 4.69) is 30.8 Å². The van der Waals surface area contributed by atoms with Crippen LogP contribution in [0.5, 0.6) is 5.75 Å². The smallest absolute Gasteiger partial charge is 0.170 e. The topological polar surface area (TPSA) is 66.2 Å². The Morgan fingerprint density at radius 2 is 1.74 bits per heavy atom. The van der Waals surface area contributed by atoms with Gasteiger partial charge in [-0.1, -0.05) is 6.07 Å². The van der Waals surface area contributed by atoms with Gasteiger partial charge in [0.15, 0.2) is 5.11 Å². The van der Waals surface area contributed by atoms with Gasteiger partial charge in [-0.15, -0.1) is 0 Å². The van der Waals surface area contributed by atoms with Gasteiger partial charge in [-0.05, 0) is 78.4 Å². The number of benzene rings is 1. The van der Waals surface area contributed by atoms with Crippen LogP contribution in [-0.2, 0) is 6.54 Å². The monoisotopic (exact) mass is 427 g/mol. The Morgan fingerprint density at radius 3 is 2.48 bits per heavy atom. The molecule has 7 heteroatoms. The summed E-state index contributed by atoms with van der Waals surface area (Å²) in [6, 6.07) is 21.1. The van der Waals surface area contributed by atoms with Crippen molar-refractivity contribution in [2.45, 2.75) is 18.6 Å². The number of rotatable bonds is 5. The predicted molar refractivity (Wildman–Crippen MR) is 123 cm³/mol. The van der Waals surface area contributed by atoms with Crippen molar-refractivity contribution in [3.8, 4) is 11.4 Å². The van der Waals surface area contributed by atoms with E-state index in [0.717, 1.165) is 22.6 Å². The Balaban J connectivity index is 1.60. The Hall–Kier alpha value is -3.71. The maximum atomic E-state index is 9.71. The largest absolute Gasteiger partial charge is 0.508 e. The molecule has 1 fully saturated rings. The minimum atomic E-state index is -0.0960. The fourth-order valence-electron chi connectivity index (χ4n) is 4.07. The van der Waals surface area contributed by atoms with Crippen molar-refractivity contribution < 1.29 is 5.11 Å². The quantitative estimate of drug-likeness (QED) is 0.467. The maximum absolute atomic E-state index is 9.71. The molecule has 2 N–H and O–H groups in total. The molecule has 6 nitrogen and oxygen atoms in total. The third-order valence-electron chi connectivity index (χ3n) is 5.51. The summed E-state index contributed by atoms with van der Waals surface area (Å²) in [5.74, 6) is 0.242. The highest BCUT2D eigenvalue weighted by molar-refractivity contribution is 7.80. The summed E-state index contributed by atoms with van der Waals surface area (Å²) in [6.07, 6.45) is 7.43. The average Bonchev–Trinajstić information content (AvgIpc) is 3.40. The van der Waals surface area contributed by atoms with Crippen molar-refractivity contribution in [3.05, 3.63) is 108 Å². The number of hydrogen-bond acceptors (Lipinski definition) is 4. The second-order valence-corrected chi connectivity index (χ2v) is 7.82. The number of nitrogens with one attached hydrogen (secondary N) is 1. The Kier molecular flexibility index (Phi) is 5.09. The number of pyridine rings is 2.